The van der Waals surface area contributed by atoms with Gasteiger partial charge in [-0.05, 0) is 67.9 Å². The number of benzene rings is 2. The minimum Gasteiger partial charge on any atom is -0.335 e. The van der Waals surface area contributed by atoms with E-state index in [1.165, 1.54) is 5.56 Å². The predicted octanol–water partition coefficient (Wildman–Crippen LogP) is 12.1. The molecule has 2 aromatic rings. The summed E-state index contributed by atoms with van der Waals surface area (Å²) in [6, 6.07) is 17.5. The molecule has 2 nitrogen and oxygen atoms in total. The molecule has 222 valence electrons. The molecule has 1 saturated heterocycles. The highest BCUT2D eigenvalue weighted by Gasteiger charge is 2.35. The first kappa shape index (κ1) is 41.5. The van der Waals surface area contributed by atoms with E-state index >= 15 is 0 Å². The molecule has 0 radical (unpaired) electrons. The number of carbonyl (C=O) groups excluding carboxylic acids is 1. The van der Waals surface area contributed by atoms with Crippen molar-refractivity contribution in [3.05, 3.63) is 95.5 Å². The van der Waals surface area contributed by atoms with Crippen molar-refractivity contribution >= 4 is 29.1 Å². The molecule has 0 spiro atoms. The number of piperidine rings is 1. The number of allylic oxidation sites excluding steroid dienone is 1. The quantitative estimate of drug-likeness (QED) is 0.323. The van der Waals surface area contributed by atoms with Crippen LogP contribution < -0.4 is 0 Å². The predicted molar refractivity (Wildman–Crippen MR) is 179 cm³/mol. The SMILES string of the molecule is C=C.C=C(C)CC1CCC(c2ccc(Cl)cc2)N(CC(C)C)C1=O.CC.CC.CC(C)C.Clc1ccccc1. The van der Waals surface area contributed by atoms with Crippen molar-refractivity contribution in [2.75, 3.05) is 6.54 Å². The Morgan fingerprint density at radius 2 is 1.28 bits per heavy atom. The van der Waals surface area contributed by atoms with Crippen molar-refractivity contribution in [2.45, 2.75) is 94.5 Å². The molecular formula is C35H57Cl2NO. The normalized spacial score (nSPS) is 15.4. The van der Waals surface area contributed by atoms with E-state index in [0.717, 1.165) is 47.3 Å². The molecule has 4 heteroatoms. The van der Waals surface area contributed by atoms with Crippen LogP contribution in [0.2, 0.25) is 10.0 Å². The van der Waals surface area contributed by atoms with Gasteiger partial charge in [-0.15, -0.1) is 19.7 Å². The molecule has 0 aliphatic carbocycles. The van der Waals surface area contributed by atoms with Crippen molar-refractivity contribution in [1.82, 2.24) is 4.90 Å². The van der Waals surface area contributed by atoms with Gasteiger partial charge in [0.2, 0.25) is 5.91 Å². The molecule has 0 aromatic heterocycles. The van der Waals surface area contributed by atoms with Crippen LogP contribution in [0.1, 0.15) is 100 Å². The number of halogens is 2. The number of rotatable bonds is 5. The van der Waals surface area contributed by atoms with Gasteiger partial charge >= 0.3 is 0 Å². The topological polar surface area (TPSA) is 20.3 Å². The van der Waals surface area contributed by atoms with Gasteiger partial charge in [0.1, 0.15) is 0 Å². The zero-order valence-electron chi connectivity index (χ0n) is 26.6. The number of amides is 1. The van der Waals surface area contributed by atoms with E-state index in [0.29, 0.717) is 5.92 Å². The molecule has 2 aromatic carbocycles. The molecule has 1 aliphatic rings. The maximum absolute atomic E-state index is 12.9. The molecule has 3 rings (SSSR count). The molecule has 2 atom stereocenters. The van der Waals surface area contributed by atoms with Gasteiger partial charge in [-0.1, -0.05) is 121 Å². The molecule has 1 aliphatic heterocycles. The number of hydrogen-bond donors (Lipinski definition) is 0. The highest BCUT2D eigenvalue weighted by molar-refractivity contribution is 6.30. The first-order valence-corrected chi connectivity index (χ1v) is 15.2. The Kier molecular flexibility index (Phi) is 27.9. The fourth-order valence-corrected chi connectivity index (χ4v) is 3.96. The lowest BCUT2D eigenvalue weighted by Gasteiger charge is -2.41. The zero-order valence-corrected chi connectivity index (χ0v) is 28.1. The van der Waals surface area contributed by atoms with Gasteiger partial charge < -0.3 is 4.90 Å². The zero-order chi connectivity index (χ0) is 31.0. The second kappa shape index (κ2) is 26.2. The van der Waals surface area contributed by atoms with Crippen LogP contribution in [0.25, 0.3) is 0 Å². The lowest BCUT2D eigenvalue weighted by molar-refractivity contribution is -0.142. The van der Waals surface area contributed by atoms with Crippen molar-refractivity contribution in [3.63, 3.8) is 0 Å². The van der Waals surface area contributed by atoms with Crippen molar-refractivity contribution in [2.24, 2.45) is 17.8 Å². The summed E-state index contributed by atoms with van der Waals surface area (Å²) in [7, 11) is 0. The van der Waals surface area contributed by atoms with E-state index in [2.05, 4.69) is 59.3 Å². The van der Waals surface area contributed by atoms with Crippen molar-refractivity contribution in [3.8, 4) is 0 Å². The van der Waals surface area contributed by atoms with E-state index in [9.17, 15) is 4.79 Å². The number of carbonyl (C=O) groups is 1. The van der Waals surface area contributed by atoms with Crippen LogP contribution in [0, 0.1) is 17.8 Å². The summed E-state index contributed by atoms with van der Waals surface area (Å²) in [6.45, 7) is 31.6. The average Bonchev–Trinajstić information content (AvgIpc) is 2.91. The highest BCUT2D eigenvalue weighted by Crippen LogP contribution is 2.37. The van der Waals surface area contributed by atoms with E-state index < -0.39 is 0 Å². The summed E-state index contributed by atoms with van der Waals surface area (Å²) in [5.74, 6) is 1.67. The largest absolute Gasteiger partial charge is 0.335 e. The fraction of sp³-hybridized carbons (Fsp3) is 0.514. The molecule has 39 heavy (non-hydrogen) atoms. The first-order chi connectivity index (χ1) is 18.5. The lowest BCUT2D eigenvalue weighted by Crippen LogP contribution is -2.45. The molecule has 1 fully saturated rings. The van der Waals surface area contributed by atoms with Crippen LogP contribution in [0.3, 0.4) is 0 Å². The summed E-state index contributed by atoms with van der Waals surface area (Å²) in [5, 5.41) is 1.53. The van der Waals surface area contributed by atoms with Gasteiger partial charge in [0.15, 0.2) is 0 Å². The summed E-state index contributed by atoms with van der Waals surface area (Å²) in [6.07, 6.45) is 2.76. The Balaban J connectivity index is -0.000000626. The molecule has 0 saturated carbocycles. The van der Waals surface area contributed by atoms with Gasteiger partial charge in [0.05, 0.1) is 6.04 Å². The maximum atomic E-state index is 12.9. The number of hydrogen-bond acceptors (Lipinski definition) is 1. The van der Waals surface area contributed by atoms with Gasteiger partial charge in [0.25, 0.3) is 0 Å². The minimum absolute atomic E-state index is 0.0970. The fourth-order valence-electron chi connectivity index (χ4n) is 3.69. The Labute approximate surface area is 252 Å². The van der Waals surface area contributed by atoms with Crippen LogP contribution in [-0.2, 0) is 4.79 Å². The first-order valence-electron chi connectivity index (χ1n) is 14.4. The molecular weight excluding hydrogens is 521 g/mol. The van der Waals surface area contributed by atoms with Crippen LogP contribution in [0.15, 0.2) is 79.9 Å². The third kappa shape index (κ3) is 20.5. The average molecular weight is 579 g/mol. The summed E-state index contributed by atoms with van der Waals surface area (Å²) < 4.78 is 0. The van der Waals surface area contributed by atoms with Gasteiger partial charge in [0, 0.05) is 22.5 Å². The Bertz CT molecular complexity index is 844. The van der Waals surface area contributed by atoms with E-state index in [-0.39, 0.29) is 17.9 Å². The van der Waals surface area contributed by atoms with E-state index in [1.807, 2.05) is 89.2 Å². The smallest absolute Gasteiger partial charge is 0.226 e. The minimum atomic E-state index is 0.0970. The van der Waals surface area contributed by atoms with Crippen molar-refractivity contribution in [1.29, 1.82) is 0 Å². The van der Waals surface area contributed by atoms with Crippen LogP contribution >= 0.6 is 23.2 Å². The lowest BCUT2D eigenvalue weighted by atomic mass is 9.84. The molecule has 2 unspecified atom stereocenters. The summed E-state index contributed by atoms with van der Waals surface area (Å²) in [4.78, 5) is 15.0. The third-order valence-corrected chi connectivity index (χ3v) is 5.45. The Hall–Kier alpha value is -2.03. The summed E-state index contributed by atoms with van der Waals surface area (Å²) >= 11 is 11.5. The van der Waals surface area contributed by atoms with Gasteiger partial charge in [-0.3, -0.25) is 4.79 Å². The van der Waals surface area contributed by atoms with Gasteiger partial charge in [-0.25, -0.2) is 0 Å². The van der Waals surface area contributed by atoms with E-state index in [4.69, 9.17) is 23.2 Å². The molecule has 1 amide bonds. The summed E-state index contributed by atoms with van der Waals surface area (Å²) in [5.41, 5.74) is 2.28. The van der Waals surface area contributed by atoms with Gasteiger partial charge in [-0.2, -0.15) is 0 Å². The maximum Gasteiger partial charge on any atom is 0.226 e. The molecule has 0 N–H and O–H groups in total. The highest BCUT2D eigenvalue weighted by atomic mass is 35.5. The molecule has 1 heterocycles. The molecule has 0 bridgehead atoms. The van der Waals surface area contributed by atoms with Crippen molar-refractivity contribution < 1.29 is 4.79 Å². The Morgan fingerprint density at radius 3 is 1.64 bits per heavy atom. The third-order valence-electron chi connectivity index (χ3n) is 4.94. The van der Waals surface area contributed by atoms with Crippen LogP contribution in [0.4, 0.5) is 0 Å². The van der Waals surface area contributed by atoms with E-state index in [1.54, 1.807) is 0 Å². The standard InChI is InChI=1S/C19H26ClNO.C6H5Cl.C4H10.2C2H6.C2H4/c1-13(2)11-16-7-10-18(15-5-8-17(20)9-6-15)21(19(16)22)12-14(3)4;7-6-4-2-1-3-5-6;1-4(2)3;3*1-2/h5-6,8-9,14,16,18H,1,7,10-12H2,2-4H3;1-5H;4H,1-3H3;2*1-2H3;1-2H2. The number of nitrogens with zero attached hydrogens (tertiary/aromatic N) is 1. The number of likely N-dealkylation sites (tertiary alicyclic amines) is 1. The van der Waals surface area contributed by atoms with Crippen LogP contribution in [-0.4, -0.2) is 17.4 Å². The van der Waals surface area contributed by atoms with Crippen LogP contribution in [0.5, 0.6) is 0 Å². The Morgan fingerprint density at radius 1 is 0.846 bits per heavy atom. The monoisotopic (exact) mass is 577 g/mol. The second-order valence-corrected chi connectivity index (χ2v) is 10.8. The second-order valence-electron chi connectivity index (χ2n) is 9.91.